The normalized spacial score (nSPS) is 21.1. The SMILES string of the molecule is C[Si]1(C)C2=Cc3c(-c4ccc(C(F)(F)F)cc4)cccc3[CH]2[Hf]([CH3])([CH3])[CH]2C1=Cc1c(-c3ccc(C(F)(F)F)cc3)cccc12. The summed E-state index contributed by atoms with van der Waals surface area (Å²) in [5, 5.41) is 3.01. The van der Waals surface area contributed by atoms with Crippen molar-refractivity contribution in [3.8, 4) is 22.3 Å². The quantitative estimate of drug-likeness (QED) is 0.140. The maximum absolute atomic E-state index is 13.3. The van der Waals surface area contributed by atoms with Gasteiger partial charge in [-0.25, -0.2) is 0 Å². The molecule has 1 heterocycles. The van der Waals surface area contributed by atoms with Gasteiger partial charge in [0.15, 0.2) is 0 Å². The molecule has 4 aromatic carbocycles. The van der Waals surface area contributed by atoms with Crippen LogP contribution in [0.15, 0.2) is 95.3 Å². The monoisotopic (exact) mass is 784 g/mol. The minimum atomic E-state index is -4.38. The Hall–Kier alpha value is -2.97. The van der Waals surface area contributed by atoms with Gasteiger partial charge < -0.3 is 0 Å². The van der Waals surface area contributed by atoms with E-state index in [2.05, 4.69) is 46.7 Å². The van der Waals surface area contributed by atoms with Crippen molar-refractivity contribution >= 4 is 20.2 Å². The van der Waals surface area contributed by atoms with E-state index in [-0.39, 0.29) is 0 Å². The average molecular weight is 783 g/mol. The first kappa shape index (κ1) is 29.7. The Morgan fingerprint density at radius 1 is 0.545 bits per heavy atom. The van der Waals surface area contributed by atoms with Gasteiger partial charge in [0, 0.05) is 0 Å². The Kier molecular flexibility index (Phi) is 6.59. The van der Waals surface area contributed by atoms with Gasteiger partial charge in [0.1, 0.15) is 0 Å². The summed E-state index contributed by atoms with van der Waals surface area (Å²) >= 11 is -3.31. The summed E-state index contributed by atoms with van der Waals surface area (Å²) in [6.45, 7) is 4.81. The standard InChI is InChI=1S/C34H24F6Si.2CH3.Hf/c1-41(2,27-17-23-5-3-7-29(31(23)19-27)21-9-13-25(14-10-21)33(35,36)37)28-18-24-6-4-8-30(32(24)20-28)22-11-15-26(16-12-22)34(38,39)40;;;/h3-20H,1-2H3;2*1H3;. The summed E-state index contributed by atoms with van der Waals surface area (Å²) in [6.07, 6.45) is -4.04. The van der Waals surface area contributed by atoms with E-state index in [0.29, 0.717) is 7.35 Å². The van der Waals surface area contributed by atoms with E-state index in [0.717, 1.165) is 57.6 Å². The van der Waals surface area contributed by atoms with Crippen LogP contribution in [0.5, 0.6) is 0 Å². The molecule has 0 amide bonds. The van der Waals surface area contributed by atoms with Crippen LogP contribution >= 0.6 is 0 Å². The molecule has 44 heavy (non-hydrogen) atoms. The molecule has 2 atom stereocenters. The van der Waals surface area contributed by atoms with Crippen LogP contribution in [-0.2, 0) is 32.3 Å². The summed E-state index contributed by atoms with van der Waals surface area (Å²) < 4.78 is 85.4. The molecular formula is C36H30F6HfSi. The maximum atomic E-state index is 13.3. The fourth-order valence-electron chi connectivity index (χ4n) is 8.00. The average Bonchev–Trinajstić information content (AvgIpc) is 3.58. The Morgan fingerprint density at radius 2 is 0.909 bits per heavy atom. The number of benzene rings is 4. The first-order chi connectivity index (χ1) is 20.6. The fraction of sp³-hybridized carbons (Fsp3) is 0.222. The molecule has 1 saturated heterocycles. The molecule has 4 aromatic rings. The van der Waals surface area contributed by atoms with Crippen molar-refractivity contribution in [2.75, 3.05) is 0 Å². The van der Waals surface area contributed by atoms with Crippen molar-refractivity contribution in [1.29, 1.82) is 0 Å². The van der Waals surface area contributed by atoms with Crippen LogP contribution in [0.3, 0.4) is 0 Å². The molecule has 0 bridgehead atoms. The third-order valence-corrected chi connectivity index (χ3v) is 31.1. The van der Waals surface area contributed by atoms with Crippen molar-refractivity contribution in [2.24, 2.45) is 0 Å². The number of halogens is 6. The van der Waals surface area contributed by atoms with Gasteiger partial charge >= 0.3 is 260 Å². The van der Waals surface area contributed by atoms with Gasteiger partial charge in [-0.2, -0.15) is 0 Å². The van der Waals surface area contributed by atoms with Crippen molar-refractivity contribution in [1.82, 2.24) is 0 Å². The molecule has 0 N–H and O–H groups in total. The summed E-state index contributed by atoms with van der Waals surface area (Å²) in [6, 6.07) is 23.5. The van der Waals surface area contributed by atoms with Crippen LogP contribution in [0, 0.1) is 0 Å². The van der Waals surface area contributed by atoms with Gasteiger partial charge in [0.2, 0.25) is 0 Å². The van der Waals surface area contributed by atoms with Crippen LogP contribution < -0.4 is 0 Å². The molecule has 3 aliphatic rings. The summed E-state index contributed by atoms with van der Waals surface area (Å²) in [7, 11) is -2.17. The Morgan fingerprint density at radius 3 is 1.25 bits per heavy atom. The van der Waals surface area contributed by atoms with E-state index in [4.69, 9.17) is 0 Å². The van der Waals surface area contributed by atoms with Crippen LogP contribution in [0.1, 0.15) is 40.7 Å². The zero-order valence-electron chi connectivity index (χ0n) is 24.7. The minimum absolute atomic E-state index is 0.358. The van der Waals surface area contributed by atoms with Gasteiger partial charge in [0.25, 0.3) is 0 Å². The fourth-order valence-corrected chi connectivity index (χ4v) is 40.1. The third kappa shape index (κ3) is 4.42. The number of hydrogen-bond donors (Lipinski definition) is 0. The van der Waals surface area contributed by atoms with Crippen LogP contribution in [0.2, 0.25) is 22.5 Å². The topological polar surface area (TPSA) is 0 Å². The summed E-state index contributed by atoms with van der Waals surface area (Å²) in [5.41, 5.74) is 7.08. The molecule has 0 aromatic heterocycles. The van der Waals surface area contributed by atoms with Gasteiger partial charge in [-0.1, -0.05) is 0 Å². The Labute approximate surface area is 258 Å². The van der Waals surface area contributed by atoms with E-state index in [1.54, 1.807) is 24.3 Å². The van der Waals surface area contributed by atoms with Gasteiger partial charge in [-0.05, 0) is 0 Å². The van der Waals surface area contributed by atoms with Crippen molar-refractivity contribution in [2.45, 2.75) is 42.2 Å². The van der Waals surface area contributed by atoms with Crippen LogP contribution in [-0.4, -0.2) is 8.07 Å². The van der Waals surface area contributed by atoms with Crippen molar-refractivity contribution in [3.05, 3.63) is 129 Å². The second-order valence-electron chi connectivity index (χ2n) is 13.3. The number of rotatable bonds is 2. The molecule has 0 spiro atoms. The molecule has 0 nitrogen and oxygen atoms in total. The van der Waals surface area contributed by atoms with Crippen molar-refractivity contribution in [3.63, 3.8) is 0 Å². The summed E-state index contributed by atoms with van der Waals surface area (Å²) in [4.78, 5) is 0. The number of hydrogen-bond acceptors (Lipinski definition) is 0. The second kappa shape index (κ2) is 9.76. The first-order valence-corrected chi connectivity index (χ1v) is 29.0. The molecule has 1 fully saturated rings. The van der Waals surface area contributed by atoms with E-state index in [9.17, 15) is 26.3 Å². The van der Waals surface area contributed by atoms with E-state index in [1.165, 1.54) is 21.5 Å². The molecule has 2 aliphatic carbocycles. The third-order valence-electron chi connectivity index (χ3n) is 10.1. The first-order valence-electron chi connectivity index (χ1n) is 14.7. The molecule has 224 valence electrons. The molecular weight excluding hydrogens is 753 g/mol. The predicted molar refractivity (Wildman–Crippen MR) is 164 cm³/mol. The number of allylic oxidation sites excluding steroid dienone is 2. The molecule has 1 aliphatic heterocycles. The number of fused-ring (bicyclic) bond motifs is 6. The van der Waals surface area contributed by atoms with E-state index in [1.807, 2.05) is 24.3 Å². The van der Waals surface area contributed by atoms with Gasteiger partial charge in [0.05, 0.1) is 0 Å². The molecule has 0 radical (unpaired) electrons. The van der Waals surface area contributed by atoms with E-state index < -0.39 is 51.5 Å². The molecule has 2 unspecified atom stereocenters. The second-order valence-corrected chi connectivity index (χ2v) is 34.9. The molecule has 0 saturated carbocycles. The van der Waals surface area contributed by atoms with Crippen molar-refractivity contribution < 1.29 is 46.3 Å². The number of alkyl halides is 6. The molecule has 8 heteroatoms. The molecule has 7 rings (SSSR count). The van der Waals surface area contributed by atoms with Gasteiger partial charge in [-0.3, -0.25) is 0 Å². The Bertz CT molecular complexity index is 1740. The zero-order valence-corrected chi connectivity index (χ0v) is 29.3. The zero-order chi connectivity index (χ0) is 31.4. The van der Waals surface area contributed by atoms with Crippen LogP contribution in [0.4, 0.5) is 26.3 Å². The Balaban J connectivity index is 1.34. The van der Waals surface area contributed by atoms with Gasteiger partial charge in [-0.15, -0.1) is 0 Å². The predicted octanol–water partition coefficient (Wildman–Crippen LogP) is 11.7. The van der Waals surface area contributed by atoms with Crippen LogP contribution in [0.25, 0.3) is 34.4 Å². The summed E-state index contributed by atoms with van der Waals surface area (Å²) in [5.74, 6) is 0. The van der Waals surface area contributed by atoms with E-state index >= 15 is 0 Å².